The number of nitrogens with zero attached hydrogens (tertiary/aromatic N) is 1. The highest BCUT2D eigenvalue weighted by atomic mass is 32.2. The van der Waals surface area contributed by atoms with Gasteiger partial charge in [0.1, 0.15) is 5.75 Å². The van der Waals surface area contributed by atoms with Crippen LogP contribution in [-0.2, 0) is 10.2 Å². The normalized spacial score (nSPS) is 11.5. The van der Waals surface area contributed by atoms with Gasteiger partial charge in [0, 0.05) is 13.1 Å². The van der Waals surface area contributed by atoms with E-state index in [0.717, 1.165) is 0 Å². The highest BCUT2D eigenvalue weighted by molar-refractivity contribution is 7.90. The van der Waals surface area contributed by atoms with Crippen LogP contribution in [0.5, 0.6) is 5.75 Å². The van der Waals surface area contributed by atoms with Crippen LogP contribution in [0.3, 0.4) is 0 Å². The summed E-state index contributed by atoms with van der Waals surface area (Å²) in [5.41, 5.74) is 0.446. The number of hydrogen-bond donors (Lipinski definition) is 1. The van der Waals surface area contributed by atoms with Crippen molar-refractivity contribution in [1.29, 1.82) is 0 Å². The van der Waals surface area contributed by atoms with Gasteiger partial charge in [-0.1, -0.05) is 26.0 Å². The number of ether oxygens (including phenoxy) is 1. The van der Waals surface area contributed by atoms with Crippen LogP contribution in [0.15, 0.2) is 24.3 Å². The lowest BCUT2D eigenvalue weighted by molar-refractivity contribution is 0.416. The molecule has 0 bridgehead atoms. The van der Waals surface area contributed by atoms with Crippen molar-refractivity contribution >= 4 is 15.9 Å². The van der Waals surface area contributed by atoms with Crippen molar-refractivity contribution in [1.82, 2.24) is 4.31 Å². The van der Waals surface area contributed by atoms with Crippen LogP contribution in [0.1, 0.15) is 13.8 Å². The Morgan fingerprint density at radius 3 is 2.35 bits per heavy atom. The first-order valence-electron chi connectivity index (χ1n) is 5.46. The molecule has 0 aliphatic rings. The second-order valence-electron chi connectivity index (χ2n) is 3.39. The molecule has 0 atom stereocenters. The molecule has 0 fully saturated rings. The monoisotopic (exact) mass is 258 g/mol. The van der Waals surface area contributed by atoms with Crippen LogP contribution in [0.2, 0.25) is 0 Å². The maximum Gasteiger partial charge on any atom is 0.301 e. The Hall–Kier alpha value is -1.27. The van der Waals surface area contributed by atoms with Gasteiger partial charge in [0.25, 0.3) is 0 Å². The van der Waals surface area contributed by atoms with Crippen LogP contribution >= 0.6 is 0 Å². The van der Waals surface area contributed by atoms with E-state index in [4.69, 9.17) is 4.74 Å². The second-order valence-corrected chi connectivity index (χ2v) is 5.06. The van der Waals surface area contributed by atoms with E-state index in [1.54, 1.807) is 38.1 Å². The Morgan fingerprint density at radius 2 is 1.82 bits per heavy atom. The summed E-state index contributed by atoms with van der Waals surface area (Å²) in [6.45, 7) is 4.46. The molecule has 17 heavy (non-hydrogen) atoms. The SMILES string of the molecule is CCN(CC)S(=O)(=O)Nc1ccccc1OC. The Balaban J connectivity index is 2.97. The molecule has 0 unspecified atom stereocenters. The fraction of sp³-hybridized carbons (Fsp3) is 0.455. The molecule has 0 aliphatic carbocycles. The first kappa shape index (κ1) is 13.8. The summed E-state index contributed by atoms with van der Waals surface area (Å²) >= 11 is 0. The molecule has 1 N–H and O–H groups in total. The van der Waals surface area contributed by atoms with Crippen molar-refractivity contribution in [2.45, 2.75) is 13.8 Å². The van der Waals surface area contributed by atoms with E-state index in [1.807, 2.05) is 0 Å². The number of rotatable bonds is 6. The van der Waals surface area contributed by atoms with Gasteiger partial charge in [0.15, 0.2) is 0 Å². The van der Waals surface area contributed by atoms with E-state index in [9.17, 15) is 8.42 Å². The molecule has 6 heteroatoms. The molecule has 96 valence electrons. The number of anilines is 1. The minimum Gasteiger partial charge on any atom is -0.495 e. The highest BCUT2D eigenvalue weighted by Gasteiger charge is 2.19. The smallest absolute Gasteiger partial charge is 0.301 e. The third-order valence-corrected chi connectivity index (χ3v) is 4.07. The van der Waals surface area contributed by atoms with Gasteiger partial charge in [-0.05, 0) is 12.1 Å². The van der Waals surface area contributed by atoms with E-state index in [0.29, 0.717) is 24.5 Å². The van der Waals surface area contributed by atoms with E-state index in [2.05, 4.69) is 4.72 Å². The summed E-state index contributed by atoms with van der Waals surface area (Å²) in [7, 11) is -2.00. The van der Waals surface area contributed by atoms with Crippen molar-refractivity contribution in [2.24, 2.45) is 0 Å². The number of hydrogen-bond acceptors (Lipinski definition) is 3. The van der Waals surface area contributed by atoms with Gasteiger partial charge in [0.2, 0.25) is 0 Å². The molecule has 0 saturated carbocycles. The minimum atomic E-state index is -3.50. The molecule has 1 aromatic rings. The molecule has 0 amide bonds. The predicted molar refractivity (Wildman–Crippen MR) is 68.5 cm³/mol. The van der Waals surface area contributed by atoms with Gasteiger partial charge in [-0.25, -0.2) is 0 Å². The predicted octanol–water partition coefficient (Wildman–Crippen LogP) is 1.69. The maximum atomic E-state index is 12.0. The third-order valence-electron chi connectivity index (χ3n) is 2.39. The zero-order valence-electron chi connectivity index (χ0n) is 10.3. The topological polar surface area (TPSA) is 58.6 Å². The molecular weight excluding hydrogens is 240 g/mol. The summed E-state index contributed by atoms with van der Waals surface area (Å²) in [4.78, 5) is 0. The number of benzene rings is 1. The number of nitrogens with one attached hydrogen (secondary N) is 1. The van der Waals surface area contributed by atoms with Gasteiger partial charge in [-0.2, -0.15) is 12.7 Å². The second kappa shape index (κ2) is 5.88. The first-order chi connectivity index (χ1) is 8.05. The van der Waals surface area contributed by atoms with E-state index in [-0.39, 0.29) is 0 Å². The van der Waals surface area contributed by atoms with Crippen LogP contribution in [0.4, 0.5) is 5.69 Å². The highest BCUT2D eigenvalue weighted by Crippen LogP contribution is 2.24. The Labute approximate surface area is 103 Å². The molecule has 1 rings (SSSR count). The summed E-state index contributed by atoms with van der Waals surface area (Å²) in [5.74, 6) is 0.503. The van der Waals surface area contributed by atoms with Crippen molar-refractivity contribution in [3.8, 4) is 5.75 Å². The zero-order chi connectivity index (χ0) is 12.9. The van der Waals surface area contributed by atoms with E-state index < -0.39 is 10.2 Å². The standard InChI is InChI=1S/C11H18N2O3S/c1-4-13(5-2)17(14,15)12-10-8-6-7-9-11(10)16-3/h6-9,12H,4-5H2,1-3H3. The largest absolute Gasteiger partial charge is 0.495 e. The lowest BCUT2D eigenvalue weighted by Gasteiger charge is -2.20. The van der Waals surface area contributed by atoms with Crippen molar-refractivity contribution in [3.05, 3.63) is 24.3 Å². The fourth-order valence-electron chi connectivity index (χ4n) is 1.50. The van der Waals surface area contributed by atoms with Gasteiger partial charge in [-0.15, -0.1) is 0 Å². The van der Waals surface area contributed by atoms with Gasteiger partial charge in [0.05, 0.1) is 12.8 Å². The third kappa shape index (κ3) is 3.34. The molecule has 0 saturated heterocycles. The summed E-state index contributed by atoms with van der Waals surface area (Å²) < 4.78 is 32.9. The van der Waals surface area contributed by atoms with E-state index >= 15 is 0 Å². The van der Waals surface area contributed by atoms with E-state index in [1.165, 1.54) is 11.4 Å². The average Bonchev–Trinajstić information content (AvgIpc) is 2.30. The van der Waals surface area contributed by atoms with Crippen LogP contribution < -0.4 is 9.46 Å². The first-order valence-corrected chi connectivity index (χ1v) is 6.90. The molecule has 0 spiro atoms. The number of para-hydroxylation sites is 2. The number of methoxy groups -OCH3 is 1. The van der Waals surface area contributed by atoms with Gasteiger partial charge in [-0.3, -0.25) is 4.72 Å². The average molecular weight is 258 g/mol. The van der Waals surface area contributed by atoms with Gasteiger partial charge >= 0.3 is 10.2 Å². The molecule has 0 aromatic heterocycles. The van der Waals surface area contributed by atoms with Crippen LogP contribution in [0, 0.1) is 0 Å². The molecule has 0 aliphatic heterocycles. The van der Waals surface area contributed by atoms with Gasteiger partial charge < -0.3 is 4.74 Å². The lowest BCUT2D eigenvalue weighted by atomic mass is 10.3. The summed E-state index contributed by atoms with van der Waals surface area (Å²) in [6.07, 6.45) is 0. The summed E-state index contributed by atoms with van der Waals surface area (Å²) in [5, 5.41) is 0. The fourth-order valence-corrected chi connectivity index (χ4v) is 2.75. The Kier molecular flexibility index (Phi) is 4.77. The van der Waals surface area contributed by atoms with Crippen molar-refractivity contribution in [3.63, 3.8) is 0 Å². The minimum absolute atomic E-state index is 0.432. The molecule has 5 nitrogen and oxygen atoms in total. The Morgan fingerprint density at radius 1 is 1.24 bits per heavy atom. The van der Waals surface area contributed by atoms with Crippen LogP contribution in [-0.4, -0.2) is 32.9 Å². The zero-order valence-corrected chi connectivity index (χ0v) is 11.1. The Bertz CT molecular complexity index is 456. The van der Waals surface area contributed by atoms with Crippen molar-refractivity contribution in [2.75, 3.05) is 24.9 Å². The molecule has 0 heterocycles. The summed E-state index contributed by atoms with van der Waals surface area (Å²) in [6, 6.07) is 6.91. The molecule has 1 aromatic carbocycles. The van der Waals surface area contributed by atoms with Crippen molar-refractivity contribution < 1.29 is 13.2 Å². The maximum absolute atomic E-state index is 12.0. The lowest BCUT2D eigenvalue weighted by Crippen LogP contribution is -2.35. The van der Waals surface area contributed by atoms with Crippen LogP contribution in [0.25, 0.3) is 0 Å². The molecular formula is C11H18N2O3S. The molecule has 0 radical (unpaired) electrons. The quantitative estimate of drug-likeness (QED) is 0.844.